The molecule has 0 bridgehead atoms. The molecule has 0 radical (unpaired) electrons. The summed E-state index contributed by atoms with van der Waals surface area (Å²) in [4.78, 5) is 28.8. The second-order valence-corrected chi connectivity index (χ2v) is 12.0. The first-order chi connectivity index (χ1) is 18.5. The Morgan fingerprint density at radius 1 is 0.923 bits per heavy atom. The minimum Gasteiger partial charge on any atom is -0.355 e. The second kappa shape index (κ2) is 13.7. The number of nitrogens with zero attached hydrogens (tertiary/aromatic N) is 3. The maximum atomic E-state index is 14.0. The van der Waals surface area contributed by atoms with Gasteiger partial charge in [-0.25, -0.2) is 8.70 Å². The number of carbonyl (C=O) groups excluding carboxylic acids is 2. The Labute approximate surface area is 237 Å². The van der Waals surface area contributed by atoms with Gasteiger partial charge in [0, 0.05) is 38.1 Å². The zero-order valence-corrected chi connectivity index (χ0v) is 24.5. The molecule has 0 aliphatic rings. The Kier molecular flexibility index (Phi) is 10.6. The van der Waals surface area contributed by atoms with Gasteiger partial charge in [0.1, 0.15) is 18.4 Å². The molecule has 0 heterocycles. The third-order valence-electron chi connectivity index (χ3n) is 6.02. The predicted octanol–water partition coefficient (Wildman–Crippen LogP) is 3.98. The lowest BCUT2D eigenvalue weighted by Gasteiger charge is -2.34. The molecule has 0 aliphatic carbocycles. The highest BCUT2D eigenvalue weighted by molar-refractivity contribution is 9.10. The minimum absolute atomic E-state index is 0.0695. The van der Waals surface area contributed by atoms with E-state index in [-0.39, 0.29) is 24.6 Å². The van der Waals surface area contributed by atoms with Crippen molar-refractivity contribution in [3.63, 3.8) is 0 Å². The summed E-state index contributed by atoms with van der Waals surface area (Å²) in [5.74, 6) is -1.47. The molecule has 11 heteroatoms. The molecule has 0 fully saturated rings. The lowest BCUT2D eigenvalue weighted by molar-refractivity contribution is -0.140. The highest BCUT2D eigenvalue weighted by atomic mass is 79.9. The van der Waals surface area contributed by atoms with Crippen molar-refractivity contribution in [3.05, 3.63) is 100 Å². The molecule has 8 nitrogen and oxygen atoms in total. The minimum atomic E-state index is -4.14. The van der Waals surface area contributed by atoms with Crippen LogP contribution in [0.25, 0.3) is 0 Å². The first kappa shape index (κ1) is 30.3. The van der Waals surface area contributed by atoms with E-state index in [1.807, 2.05) is 54.6 Å². The maximum Gasteiger partial charge on any atom is 0.304 e. The van der Waals surface area contributed by atoms with Gasteiger partial charge >= 0.3 is 10.2 Å². The van der Waals surface area contributed by atoms with Gasteiger partial charge in [0.05, 0.1) is 5.69 Å². The maximum absolute atomic E-state index is 14.0. The summed E-state index contributed by atoms with van der Waals surface area (Å²) in [6.07, 6.45) is 0.228. The highest BCUT2D eigenvalue weighted by Gasteiger charge is 2.34. The standard InChI is InChI=1S/C28H32BrFN4O4S/c1-4-31-28(36)26(18-21-8-6-5-7-9-21)33(19-22-10-12-23(29)13-11-22)27(35)20-34(39(37,38)32(2)3)25-16-14-24(30)15-17-25/h5-17,26H,4,18-20H2,1-3H3,(H,31,36). The van der Waals surface area contributed by atoms with Gasteiger partial charge in [-0.3, -0.25) is 9.59 Å². The summed E-state index contributed by atoms with van der Waals surface area (Å²) in [6, 6.07) is 20.6. The second-order valence-electron chi connectivity index (χ2n) is 9.02. The highest BCUT2D eigenvalue weighted by Crippen LogP contribution is 2.22. The molecule has 39 heavy (non-hydrogen) atoms. The van der Waals surface area contributed by atoms with Crippen molar-refractivity contribution in [3.8, 4) is 0 Å². The summed E-state index contributed by atoms with van der Waals surface area (Å²) in [7, 11) is -1.44. The lowest BCUT2D eigenvalue weighted by Crippen LogP contribution is -2.54. The van der Waals surface area contributed by atoms with E-state index in [0.29, 0.717) is 6.54 Å². The Hall–Kier alpha value is -3.28. The molecule has 2 amide bonds. The first-order valence-corrected chi connectivity index (χ1v) is 14.5. The molecule has 1 atom stereocenters. The van der Waals surface area contributed by atoms with Crippen LogP contribution in [0.3, 0.4) is 0 Å². The Morgan fingerprint density at radius 2 is 1.54 bits per heavy atom. The van der Waals surface area contributed by atoms with Gasteiger partial charge in [0.25, 0.3) is 0 Å². The number of nitrogens with one attached hydrogen (secondary N) is 1. The van der Waals surface area contributed by atoms with Crippen LogP contribution in [-0.2, 0) is 32.8 Å². The van der Waals surface area contributed by atoms with E-state index in [1.165, 1.54) is 31.1 Å². The van der Waals surface area contributed by atoms with E-state index in [1.54, 1.807) is 6.92 Å². The summed E-state index contributed by atoms with van der Waals surface area (Å²) in [6.45, 7) is 1.63. The average molecular weight is 620 g/mol. The third-order valence-corrected chi connectivity index (χ3v) is 8.37. The van der Waals surface area contributed by atoms with Gasteiger partial charge in [-0.15, -0.1) is 0 Å². The number of carbonyl (C=O) groups is 2. The van der Waals surface area contributed by atoms with Crippen LogP contribution in [0.15, 0.2) is 83.3 Å². The van der Waals surface area contributed by atoms with E-state index in [4.69, 9.17) is 0 Å². The van der Waals surface area contributed by atoms with Crippen LogP contribution in [0.2, 0.25) is 0 Å². The number of halogens is 2. The molecule has 208 valence electrons. The normalized spacial score (nSPS) is 12.2. The molecule has 0 aliphatic heterocycles. The van der Waals surface area contributed by atoms with Crippen LogP contribution in [-0.4, -0.2) is 62.7 Å². The van der Waals surface area contributed by atoms with Crippen LogP contribution in [0, 0.1) is 5.82 Å². The van der Waals surface area contributed by atoms with Crippen molar-refractivity contribution in [2.24, 2.45) is 0 Å². The number of likely N-dealkylation sites (N-methyl/N-ethyl adjacent to an activating group) is 1. The van der Waals surface area contributed by atoms with E-state index < -0.39 is 34.5 Å². The summed E-state index contributed by atoms with van der Waals surface area (Å²) in [5.41, 5.74) is 1.73. The SMILES string of the molecule is CCNC(=O)C(Cc1ccccc1)N(Cc1ccc(Br)cc1)C(=O)CN(c1ccc(F)cc1)S(=O)(=O)N(C)C. The van der Waals surface area contributed by atoms with Gasteiger partial charge in [-0.05, 0) is 54.4 Å². The monoisotopic (exact) mass is 618 g/mol. The molecule has 0 saturated carbocycles. The first-order valence-electron chi connectivity index (χ1n) is 12.3. The molecule has 3 aromatic rings. The zero-order chi connectivity index (χ0) is 28.6. The van der Waals surface area contributed by atoms with E-state index in [2.05, 4.69) is 21.2 Å². The fourth-order valence-corrected chi connectivity index (χ4v) is 5.28. The van der Waals surface area contributed by atoms with Gasteiger partial charge in [-0.2, -0.15) is 12.7 Å². The van der Waals surface area contributed by atoms with Crippen LogP contribution in [0.4, 0.5) is 10.1 Å². The Bertz CT molecular complexity index is 1350. The van der Waals surface area contributed by atoms with Crippen molar-refractivity contribution in [1.82, 2.24) is 14.5 Å². The summed E-state index contributed by atoms with van der Waals surface area (Å²) >= 11 is 3.41. The quantitative estimate of drug-likeness (QED) is 0.332. The number of rotatable bonds is 12. The molecule has 0 aromatic heterocycles. The van der Waals surface area contributed by atoms with E-state index in [0.717, 1.165) is 36.3 Å². The molecule has 1 unspecified atom stereocenters. The van der Waals surface area contributed by atoms with Crippen molar-refractivity contribution in [1.29, 1.82) is 0 Å². The van der Waals surface area contributed by atoms with Crippen LogP contribution < -0.4 is 9.62 Å². The average Bonchev–Trinajstić information content (AvgIpc) is 2.91. The predicted molar refractivity (Wildman–Crippen MR) is 154 cm³/mol. The number of hydrogen-bond acceptors (Lipinski definition) is 4. The van der Waals surface area contributed by atoms with E-state index >= 15 is 0 Å². The van der Waals surface area contributed by atoms with Gasteiger partial charge in [0.2, 0.25) is 11.8 Å². The summed E-state index contributed by atoms with van der Waals surface area (Å²) in [5, 5.41) is 2.81. The molecule has 0 spiro atoms. The van der Waals surface area contributed by atoms with Crippen LogP contribution >= 0.6 is 15.9 Å². The molecule has 0 saturated heterocycles. The molecule has 3 rings (SSSR count). The van der Waals surface area contributed by atoms with Crippen LogP contribution in [0.1, 0.15) is 18.1 Å². The third kappa shape index (κ3) is 8.11. The molecule has 1 N–H and O–H groups in total. The van der Waals surface area contributed by atoms with Crippen molar-refractivity contribution in [2.75, 3.05) is 31.5 Å². The number of amides is 2. The summed E-state index contributed by atoms with van der Waals surface area (Å²) < 4.78 is 42.9. The number of benzene rings is 3. The van der Waals surface area contributed by atoms with Crippen molar-refractivity contribution >= 4 is 43.6 Å². The lowest BCUT2D eigenvalue weighted by atomic mass is 10.0. The smallest absolute Gasteiger partial charge is 0.304 e. The topological polar surface area (TPSA) is 90.0 Å². The number of anilines is 1. The largest absolute Gasteiger partial charge is 0.355 e. The van der Waals surface area contributed by atoms with E-state index in [9.17, 15) is 22.4 Å². The molecular weight excluding hydrogens is 587 g/mol. The fourth-order valence-electron chi connectivity index (χ4n) is 3.96. The van der Waals surface area contributed by atoms with Gasteiger partial charge in [-0.1, -0.05) is 58.4 Å². The number of hydrogen-bond donors (Lipinski definition) is 1. The molecular formula is C28H32BrFN4O4S. The van der Waals surface area contributed by atoms with Crippen molar-refractivity contribution < 1.29 is 22.4 Å². The van der Waals surface area contributed by atoms with Crippen molar-refractivity contribution in [2.45, 2.75) is 25.9 Å². The Balaban J connectivity index is 2.06. The molecule has 3 aromatic carbocycles. The van der Waals surface area contributed by atoms with Gasteiger partial charge < -0.3 is 10.2 Å². The van der Waals surface area contributed by atoms with Crippen LogP contribution in [0.5, 0.6) is 0 Å². The Morgan fingerprint density at radius 3 is 2.10 bits per heavy atom. The fraction of sp³-hybridized carbons (Fsp3) is 0.286. The zero-order valence-electron chi connectivity index (χ0n) is 22.1. The van der Waals surface area contributed by atoms with Gasteiger partial charge in [0.15, 0.2) is 0 Å².